The molecule has 1 unspecified atom stereocenters. The molecule has 0 bridgehead atoms. The summed E-state index contributed by atoms with van der Waals surface area (Å²) in [4.78, 5) is 46.3. The van der Waals surface area contributed by atoms with Gasteiger partial charge in [0, 0.05) is 52.4 Å². The van der Waals surface area contributed by atoms with Gasteiger partial charge in [0.15, 0.2) is 0 Å². The fraction of sp³-hybridized carbons (Fsp3) is 0.640. The Kier molecular flexibility index (Phi) is 9.09. The van der Waals surface area contributed by atoms with Crippen LogP contribution in [0, 0.1) is 5.92 Å². The van der Waals surface area contributed by atoms with E-state index in [2.05, 4.69) is 4.90 Å². The Morgan fingerprint density at radius 3 is 2.34 bits per heavy atom. The summed E-state index contributed by atoms with van der Waals surface area (Å²) >= 11 is 0. The van der Waals surface area contributed by atoms with Crippen molar-refractivity contribution in [3.8, 4) is 0 Å². The van der Waals surface area contributed by atoms with Gasteiger partial charge in [0.05, 0.1) is 18.9 Å². The smallest absolute Gasteiger partial charge is 0.236 e. The number of hydrogen-bond donors (Lipinski definition) is 0. The number of piperidine rings is 1. The molecule has 2 aliphatic heterocycles. The molecule has 32 heavy (non-hydrogen) atoms. The lowest BCUT2D eigenvalue weighted by Crippen LogP contribution is -2.48. The molecule has 7 heteroatoms. The van der Waals surface area contributed by atoms with Crippen LogP contribution in [0.1, 0.15) is 38.7 Å². The average molecular weight is 443 g/mol. The van der Waals surface area contributed by atoms with E-state index in [1.54, 1.807) is 0 Å². The van der Waals surface area contributed by atoms with Gasteiger partial charge in [-0.15, -0.1) is 0 Å². The van der Waals surface area contributed by atoms with Crippen molar-refractivity contribution in [1.82, 2.24) is 19.6 Å². The minimum atomic E-state index is -0.118. The highest BCUT2D eigenvalue weighted by atomic mass is 16.2. The molecule has 3 rings (SSSR count). The highest BCUT2D eigenvalue weighted by molar-refractivity contribution is 5.82. The third-order valence-corrected chi connectivity index (χ3v) is 6.70. The van der Waals surface area contributed by atoms with E-state index in [0.29, 0.717) is 26.1 Å². The first-order chi connectivity index (χ1) is 15.5. The van der Waals surface area contributed by atoms with Crippen LogP contribution < -0.4 is 0 Å². The van der Waals surface area contributed by atoms with Gasteiger partial charge in [0.25, 0.3) is 0 Å². The lowest BCUT2D eigenvalue weighted by Gasteiger charge is -2.35. The molecule has 0 spiro atoms. The molecule has 176 valence electrons. The minimum Gasteiger partial charge on any atom is -0.342 e. The number of carbonyl (C=O) groups excluding carboxylic acids is 3. The monoisotopic (exact) mass is 442 g/mol. The molecule has 2 fully saturated rings. The third kappa shape index (κ3) is 6.55. The van der Waals surface area contributed by atoms with Crippen molar-refractivity contribution >= 4 is 17.7 Å². The first-order valence-corrected chi connectivity index (χ1v) is 12.1. The predicted molar refractivity (Wildman–Crippen MR) is 125 cm³/mol. The van der Waals surface area contributed by atoms with Crippen molar-refractivity contribution in [2.24, 2.45) is 5.92 Å². The summed E-state index contributed by atoms with van der Waals surface area (Å²) in [5, 5.41) is 0. The number of amides is 3. The number of carbonyl (C=O) groups is 3. The lowest BCUT2D eigenvalue weighted by molar-refractivity contribution is -0.140. The van der Waals surface area contributed by atoms with Gasteiger partial charge in [-0.1, -0.05) is 30.3 Å². The van der Waals surface area contributed by atoms with Crippen LogP contribution in [0.25, 0.3) is 0 Å². The van der Waals surface area contributed by atoms with Crippen LogP contribution in [0.4, 0.5) is 0 Å². The molecule has 2 saturated heterocycles. The first kappa shape index (κ1) is 24.2. The standard InChI is InChI=1S/C25H38N4O3/c1-3-27(4-2)24(31)20-26-13-9-15-28(17-16-26)25(32)22-12-8-14-29(19-22)23(30)18-21-10-6-5-7-11-21/h5-7,10-11,22H,3-4,8-9,12-20H2,1-2H3. The van der Waals surface area contributed by atoms with E-state index >= 15 is 0 Å². The second-order valence-electron chi connectivity index (χ2n) is 8.86. The normalized spacial score (nSPS) is 20.0. The molecule has 0 N–H and O–H groups in total. The maximum absolute atomic E-state index is 13.3. The molecular formula is C25H38N4O3. The van der Waals surface area contributed by atoms with Gasteiger partial charge in [0.1, 0.15) is 0 Å². The fourth-order valence-corrected chi connectivity index (χ4v) is 4.76. The van der Waals surface area contributed by atoms with Crippen LogP contribution in [0.3, 0.4) is 0 Å². The minimum absolute atomic E-state index is 0.102. The van der Waals surface area contributed by atoms with Gasteiger partial charge in [-0.3, -0.25) is 19.3 Å². The number of likely N-dealkylation sites (tertiary alicyclic amines) is 1. The number of rotatable bonds is 7. The highest BCUT2D eigenvalue weighted by Crippen LogP contribution is 2.21. The van der Waals surface area contributed by atoms with Crippen LogP contribution in [0.15, 0.2) is 30.3 Å². The Morgan fingerprint density at radius 2 is 1.62 bits per heavy atom. The molecule has 7 nitrogen and oxygen atoms in total. The Labute approximate surface area is 192 Å². The van der Waals surface area contributed by atoms with Crippen LogP contribution in [0.2, 0.25) is 0 Å². The summed E-state index contributed by atoms with van der Waals surface area (Å²) in [6.45, 7) is 10.1. The first-order valence-electron chi connectivity index (χ1n) is 12.1. The average Bonchev–Trinajstić information content (AvgIpc) is 3.05. The SMILES string of the molecule is CCN(CC)C(=O)CN1CCCN(C(=O)C2CCCN(C(=O)Cc3ccccc3)C2)CC1. The van der Waals surface area contributed by atoms with Crippen LogP contribution in [0.5, 0.6) is 0 Å². The second kappa shape index (κ2) is 12.0. The van der Waals surface area contributed by atoms with E-state index in [-0.39, 0.29) is 23.6 Å². The van der Waals surface area contributed by atoms with Gasteiger partial charge < -0.3 is 14.7 Å². The zero-order chi connectivity index (χ0) is 22.9. The summed E-state index contributed by atoms with van der Waals surface area (Å²) < 4.78 is 0. The molecular weight excluding hydrogens is 404 g/mol. The molecule has 2 heterocycles. The van der Waals surface area contributed by atoms with Crippen molar-refractivity contribution in [3.63, 3.8) is 0 Å². The molecule has 0 aromatic heterocycles. The number of benzene rings is 1. The molecule has 0 radical (unpaired) electrons. The summed E-state index contributed by atoms with van der Waals surface area (Å²) in [6, 6.07) is 9.79. The van der Waals surface area contributed by atoms with E-state index in [4.69, 9.17) is 0 Å². The van der Waals surface area contributed by atoms with Gasteiger partial charge in [-0.2, -0.15) is 0 Å². The summed E-state index contributed by atoms with van der Waals surface area (Å²) in [7, 11) is 0. The number of nitrogens with zero attached hydrogens (tertiary/aromatic N) is 4. The van der Waals surface area contributed by atoms with Crippen LogP contribution >= 0.6 is 0 Å². The van der Waals surface area contributed by atoms with Crippen molar-refractivity contribution in [3.05, 3.63) is 35.9 Å². The number of hydrogen-bond acceptors (Lipinski definition) is 4. The van der Waals surface area contributed by atoms with Gasteiger partial charge >= 0.3 is 0 Å². The Hall–Kier alpha value is -2.41. The van der Waals surface area contributed by atoms with Crippen LogP contribution in [-0.2, 0) is 20.8 Å². The van der Waals surface area contributed by atoms with E-state index < -0.39 is 0 Å². The molecule has 1 atom stereocenters. The van der Waals surface area contributed by atoms with E-state index in [0.717, 1.165) is 64.1 Å². The third-order valence-electron chi connectivity index (χ3n) is 6.70. The number of likely N-dealkylation sites (N-methyl/N-ethyl adjacent to an activating group) is 1. The van der Waals surface area contributed by atoms with Crippen molar-refractivity contribution < 1.29 is 14.4 Å². The summed E-state index contributed by atoms with van der Waals surface area (Å²) in [6.07, 6.45) is 2.98. The van der Waals surface area contributed by atoms with Crippen molar-refractivity contribution in [1.29, 1.82) is 0 Å². The van der Waals surface area contributed by atoms with Gasteiger partial charge in [-0.25, -0.2) is 0 Å². The van der Waals surface area contributed by atoms with Gasteiger partial charge in [0.2, 0.25) is 17.7 Å². The maximum atomic E-state index is 13.3. The summed E-state index contributed by atoms with van der Waals surface area (Å²) in [5.74, 6) is 0.312. The largest absolute Gasteiger partial charge is 0.342 e. The van der Waals surface area contributed by atoms with E-state index in [1.165, 1.54) is 0 Å². The quantitative estimate of drug-likeness (QED) is 0.647. The molecule has 1 aromatic rings. The molecule has 3 amide bonds. The second-order valence-corrected chi connectivity index (χ2v) is 8.86. The summed E-state index contributed by atoms with van der Waals surface area (Å²) in [5.41, 5.74) is 1.01. The maximum Gasteiger partial charge on any atom is 0.236 e. The lowest BCUT2D eigenvalue weighted by atomic mass is 9.95. The zero-order valence-corrected chi connectivity index (χ0v) is 19.7. The molecule has 1 aromatic carbocycles. The van der Waals surface area contributed by atoms with Crippen molar-refractivity contribution in [2.45, 2.75) is 39.5 Å². The molecule has 0 aliphatic carbocycles. The van der Waals surface area contributed by atoms with Crippen LogP contribution in [-0.4, -0.2) is 96.2 Å². The topological polar surface area (TPSA) is 64.2 Å². The van der Waals surface area contributed by atoms with Gasteiger partial charge in [-0.05, 0) is 38.7 Å². The predicted octanol–water partition coefficient (Wildman–Crippen LogP) is 1.87. The Morgan fingerprint density at radius 1 is 0.906 bits per heavy atom. The Balaban J connectivity index is 1.50. The van der Waals surface area contributed by atoms with E-state index in [9.17, 15) is 14.4 Å². The fourth-order valence-electron chi connectivity index (χ4n) is 4.76. The zero-order valence-electron chi connectivity index (χ0n) is 19.7. The highest BCUT2D eigenvalue weighted by Gasteiger charge is 2.32. The van der Waals surface area contributed by atoms with E-state index in [1.807, 2.05) is 58.9 Å². The van der Waals surface area contributed by atoms with Crippen molar-refractivity contribution in [2.75, 3.05) is 58.9 Å². The molecule has 2 aliphatic rings. The molecule has 0 saturated carbocycles. The Bertz CT molecular complexity index is 766.